The zero-order valence-corrected chi connectivity index (χ0v) is 19.2. The van der Waals surface area contributed by atoms with Gasteiger partial charge >= 0.3 is 0 Å². The monoisotopic (exact) mass is 477 g/mol. The van der Waals surface area contributed by atoms with E-state index >= 15 is 0 Å². The van der Waals surface area contributed by atoms with E-state index in [1.807, 2.05) is 0 Å². The predicted molar refractivity (Wildman–Crippen MR) is 121 cm³/mol. The third-order valence-electron chi connectivity index (χ3n) is 5.68. The van der Waals surface area contributed by atoms with E-state index in [-0.39, 0.29) is 29.7 Å². The van der Waals surface area contributed by atoms with Gasteiger partial charge in [0.05, 0.1) is 34.7 Å². The lowest BCUT2D eigenvalue weighted by molar-refractivity contribution is -0.122. The molecule has 170 valence electrons. The molecule has 32 heavy (non-hydrogen) atoms. The number of amides is 2. The summed E-state index contributed by atoms with van der Waals surface area (Å²) in [5.41, 5.74) is 1.54. The summed E-state index contributed by atoms with van der Waals surface area (Å²) >= 11 is 6.20. The van der Waals surface area contributed by atoms with E-state index in [4.69, 9.17) is 16.3 Å². The van der Waals surface area contributed by atoms with Crippen molar-refractivity contribution in [2.24, 2.45) is 5.92 Å². The summed E-state index contributed by atoms with van der Waals surface area (Å²) in [5, 5.41) is 3.22. The van der Waals surface area contributed by atoms with Gasteiger partial charge in [0, 0.05) is 31.7 Å². The first-order valence-corrected chi connectivity index (χ1v) is 12.1. The highest BCUT2D eigenvalue weighted by Crippen LogP contribution is 2.32. The number of carbonyl (C=O) groups is 2. The lowest BCUT2D eigenvalue weighted by Crippen LogP contribution is -2.40. The second kappa shape index (κ2) is 9.19. The lowest BCUT2D eigenvalue weighted by atomic mass is 10.1. The number of hydrogen-bond donors (Lipinski definition) is 1. The van der Waals surface area contributed by atoms with Gasteiger partial charge in [-0.25, -0.2) is 8.42 Å². The van der Waals surface area contributed by atoms with E-state index in [1.54, 1.807) is 43.3 Å². The number of morpholine rings is 1. The first kappa shape index (κ1) is 22.7. The molecule has 0 unspecified atom stereocenters. The fourth-order valence-corrected chi connectivity index (χ4v) is 5.81. The van der Waals surface area contributed by atoms with Gasteiger partial charge in [-0.1, -0.05) is 29.8 Å². The number of halogens is 1. The molecular formula is C22H24ClN3O5S. The molecule has 0 saturated carbocycles. The Hall–Kier alpha value is -2.46. The Bertz CT molecular complexity index is 1150. The van der Waals surface area contributed by atoms with Crippen LogP contribution in [0.2, 0.25) is 5.02 Å². The van der Waals surface area contributed by atoms with Crippen LogP contribution in [-0.4, -0.2) is 57.4 Å². The van der Waals surface area contributed by atoms with Gasteiger partial charge in [-0.2, -0.15) is 4.31 Å². The summed E-state index contributed by atoms with van der Waals surface area (Å²) < 4.78 is 32.8. The molecule has 0 bridgehead atoms. The molecule has 2 aromatic rings. The van der Waals surface area contributed by atoms with Gasteiger partial charge in [-0.3, -0.25) is 9.59 Å². The summed E-state index contributed by atoms with van der Waals surface area (Å²) in [6, 6.07) is 11.8. The molecule has 2 aromatic carbocycles. The summed E-state index contributed by atoms with van der Waals surface area (Å²) in [5.74, 6) is -1.09. The van der Waals surface area contributed by atoms with Gasteiger partial charge in [0.15, 0.2) is 0 Å². The number of nitrogens with one attached hydrogen (secondary N) is 1. The molecule has 0 spiro atoms. The molecule has 0 radical (unpaired) electrons. The number of aryl methyl sites for hydroxylation is 1. The molecule has 2 aliphatic rings. The number of rotatable bonds is 5. The molecule has 1 atom stereocenters. The van der Waals surface area contributed by atoms with Crippen LogP contribution in [0.1, 0.15) is 12.0 Å². The number of sulfonamides is 1. The van der Waals surface area contributed by atoms with E-state index in [2.05, 4.69) is 5.32 Å². The Labute approximate surface area is 192 Å². The largest absolute Gasteiger partial charge is 0.379 e. The average Bonchev–Trinajstić information content (AvgIpc) is 3.17. The minimum Gasteiger partial charge on any atom is -0.379 e. The van der Waals surface area contributed by atoms with Crippen LogP contribution in [-0.2, 0) is 24.3 Å². The maximum atomic E-state index is 13.1. The molecule has 2 heterocycles. The maximum absolute atomic E-state index is 13.1. The van der Waals surface area contributed by atoms with Crippen LogP contribution in [0.5, 0.6) is 0 Å². The van der Waals surface area contributed by atoms with E-state index in [9.17, 15) is 18.0 Å². The minimum atomic E-state index is -3.70. The zero-order chi connectivity index (χ0) is 22.9. The number of para-hydroxylation sites is 1. The molecule has 2 amide bonds. The van der Waals surface area contributed by atoms with Gasteiger partial charge in [0.2, 0.25) is 21.8 Å². The van der Waals surface area contributed by atoms with Gasteiger partial charge in [-0.15, -0.1) is 0 Å². The van der Waals surface area contributed by atoms with Crippen molar-refractivity contribution in [1.82, 2.24) is 4.31 Å². The number of nitrogens with zero attached hydrogens (tertiary/aromatic N) is 2. The fourth-order valence-electron chi connectivity index (χ4n) is 3.91. The van der Waals surface area contributed by atoms with E-state index in [0.717, 1.165) is 0 Å². The topological polar surface area (TPSA) is 96.0 Å². The van der Waals surface area contributed by atoms with Crippen LogP contribution in [0.25, 0.3) is 0 Å². The molecular weight excluding hydrogens is 454 g/mol. The minimum absolute atomic E-state index is 0.0574. The van der Waals surface area contributed by atoms with E-state index in [1.165, 1.54) is 15.3 Å². The van der Waals surface area contributed by atoms with Gasteiger partial charge in [-0.05, 0) is 36.8 Å². The Morgan fingerprint density at radius 1 is 1.16 bits per heavy atom. The average molecular weight is 478 g/mol. The third kappa shape index (κ3) is 4.52. The Morgan fingerprint density at radius 2 is 1.88 bits per heavy atom. The second-order valence-corrected chi connectivity index (χ2v) is 10.2. The normalized spacial score (nSPS) is 19.9. The maximum Gasteiger partial charge on any atom is 0.243 e. The number of carbonyl (C=O) groups excluding carboxylic acids is 2. The molecule has 10 heteroatoms. The van der Waals surface area contributed by atoms with Crippen molar-refractivity contribution in [1.29, 1.82) is 0 Å². The number of benzene rings is 2. The molecule has 2 aliphatic heterocycles. The standard InChI is InChI=1S/C22H24ClN3O5S/c1-15-6-7-17(13-20(15)32(29,30)25-8-10-31-11-9-25)24-22(28)16-12-21(27)26(14-16)19-5-3-2-4-18(19)23/h2-7,13,16H,8-12,14H2,1H3,(H,24,28)/t16-/m1/s1. The Morgan fingerprint density at radius 3 is 2.59 bits per heavy atom. The molecule has 2 fully saturated rings. The SMILES string of the molecule is Cc1ccc(NC(=O)[C@@H]2CC(=O)N(c3ccccc3Cl)C2)cc1S(=O)(=O)N1CCOCC1. The summed E-state index contributed by atoms with van der Waals surface area (Å²) in [6.45, 7) is 3.22. The predicted octanol–water partition coefficient (Wildman–Crippen LogP) is 2.66. The quantitative estimate of drug-likeness (QED) is 0.714. The zero-order valence-electron chi connectivity index (χ0n) is 17.6. The Balaban J connectivity index is 1.50. The van der Waals surface area contributed by atoms with Crippen LogP contribution in [0.15, 0.2) is 47.4 Å². The van der Waals surface area contributed by atoms with Gasteiger partial charge in [0.1, 0.15) is 0 Å². The van der Waals surface area contributed by atoms with Crippen molar-refractivity contribution in [2.75, 3.05) is 43.1 Å². The van der Waals surface area contributed by atoms with E-state index < -0.39 is 15.9 Å². The van der Waals surface area contributed by atoms with Crippen molar-refractivity contribution >= 4 is 44.8 Å². The first-order chi connectivity index (χ1) is 15.3. The van der Waals surface area contributed by atoms with Crippen LogP contribution < -0.4 is 10.2 Å². The smallest absolute Gasteiger partial charge is 0.243 e. The molecule has 0 aromatic heterocycles. The second-order valence-electron chi connectivity index (χ2n) is 7.84. The van der Waals surface area contributed by atoms with Gasteiger partial charge < -0.3 is 15.0 Å². The van der Waals surface area contributed by atoms with Crippen LogP contribution >= 0.6 is 11.6 Å². The molecule has 0 aliphatic carbocycles. The van der Waals surface area contributed by atoms with Crippen molar-refractivity contribution in [3.8, 4) is 0 Å². The summed E-state index contributed by atoms with van der Waals surface area (Å²) in [7, 11) is -3.70. The lowest BCUT2D eigenvalue weighted by Gasteiger charge is -2.27. The number of hydrogen-bond acceptors (Lipinski definition) is 5. The van der Waals surface area contributed by atoms with Crippen LogP contribution in [0.4, 0.5) is 11.4 Å². The van der Waals surface area contributed by atoms with Crippen LogP contribution in [0, 0.1) is 12.8 Å². The van der Waals surface area contributed by atoms with E-state index in [0.29, 0.717) is 48.3 Å². The van der Waals surface area contributed by atoms with Crippen molar-refractivity contribution in [3.05, 3.63) is 53.1 Å². The highest BCUT2D eigenvalue weighted by molar-refractivity contribution is 7.89. The van der Waals surface area contributed by atoms with Crippen molar-refractivity contribution < 1.29 is 22.7 Å². The summed E-state index contributed by atoms with van der Waals surface area (Å²) in [6.07, 6.45) is 0.0574. The molecule has 1 N–H and O–H groups in total. The summed E-state index contributed by atoms with van der Waals surface area (Å²) in [4.78, 5) is 27.0. The fraction of sp³-hybridized carbons (Fsp3) is 0.364. The third-order valence-corrected chi connectivity index (χ3v) is 8.04. The highest BCUT2D eigenvalue weighted by Gasteiger charge is 2.36. The van der Waals surface area contributed by atoms with Gasteiger partial charge in [0.25, 0.3) is 0 Å². The van der Waals surface area contributed by atoms with Crippen molar-refractivity contribution in [2.45, 2.75) is 18.2 Å². The molecule has 8 nitrogen and oxygen atoms in total. The van der Waals surface area contributed by atoms with Crippen LogP contribution in [0.3, 0.4) is 0 Å². The first-order valence-electron chi connectivity index (χ1n) is 10.3. The molecule has 2 saturated heterocycles. The van der Waals surface area contributed by atoms with Crippen molar-refractivity contribution in [3.63, 3.8) is 0 Å². The number of anilines is 2. The highest BCUT2D eigenvalue weighted by atomic mass is 35.5. The number of ether oxygens (including phenoxy) is 1. The molecule has 4 rings (SSSR count). The Kier molecular flexibility index (Phi) is 6.52.